The van der Waals surface area contributed by atoms with Crippen LogP contribution in [0.5, 0.6) is 0 Å². The van der Waals surface area contributed by atoms with Gasteiger partial charge in [-0.25, -0.2) is 0 Å². The lowest BCUT2D eigenvalue weighted by atomic mass is 10.1. The zero-order chi connectivity index (χ0) is 18.8. The molecule has 0 aromatic heterocycles. The summed E-state index contributed by atoms with van der Waals surface area (Å²) >= 11 is 0. The van der Waals surface area contributed by atoms with E-state index < -0.39 is 5.97 Å². The summed E-state index contributed by atoms with van der Waals surface area (Å²) in [5.41, 5.74) is 2.04. The first-order valence-corrected chi connectivity index (χ1v) is 8.63. The quantitative estimate of drug-likeness (QED) is 0.710. The van der Waals surface area contributed by atoms with Crippen LogP contribution in [-0.4, -0.2) is 27.7 Å². The minimum absolute atomic E-state index is 0.0278. The van der Waals surface area contributed by atoms with Crippen molar-refractivity contribution in [2.75, 3.05) is 0 Å². The molecule has 0 atom stereocenters. The lowest BCUT2D eigenvalue weighted by Crippen LogP contribution is -2.30. The van der Waals surface area contributed by atoms with Crippen LogP contribution in [0, 0.1) is 0 Å². The molecule has 0 aliphatic rings. The largest absolute Gasteiger partial charge is 0.481 e. The van der Waals surface area contributed by atoms with Crippen molar-refractivity contribution in [3.63, 3.8) is 0 Å². The fraction of sp³-hybridized carbons (Fsp3) is 0.286. The van der Waals surface area contributed by atoms with E-state index in [2.05, 4.69) is 0 Å². The summed E-state index contributed by atoms with van der Waals surface area (Å²) in [7, 11) is 0. The van der Waals surface area contributed by atoms with Gasteiger partial charge in [0.05, 0.1) is 6.42 Å². The highest BCUT2D eigenvalue weighted by Crippen LogP contribution is 2.13. The number of hydrogen-bond acceptors (Lipinski definition) is 3. The van der Waals surface area contributed by atoms with Crippen molar-refractivity contribution in [3.8, 4) is 0 Å². The van der Waals surface area contributed by atoms with Gasteiger partial charge in [-0.2, -0.15) is 0 Å². The molecule has 0 unspecified atom stereocenters. The number of aliphatic carboxylic acids is 1. The van der Waals surface area contributed by atoms with Gasteiger partial charge >= 0.3 is 5.97 Å². The van der Waals surface area contributed by atoms with Crippen molar-refractivity contribution in [3.05, 3.63) is 71.8 Å². The number of nitrogens with zero attached hydrogens (tertiary/aromatic N) is 1. The number of ketones is 1. The van der Waals surface area contributed by atoms with Crippen molar-refractivity contribution in [2.24, 2.45) is 0 Å². The van der Waals surface area contributed by atoms with Gasteiger partial charge < -0.3 is 10.0 Å². The Morgan fingerprint density at radius 2 is 1.15 bits per heavy atom. The predicted octanol–water partition coefficient (Wildman–Crippen LogP) is 3.43. The van der Waals surface area contributed by atoms with E-state index in [1.165, 1.54) is 0 Å². The van der Waals surface area contributed by atoms with E-state index in [1.807, 2.05) is 60.7 Å². The Morgan fingerprint density at radius 3 is 1.62 bits per heavy atom. The summed E-state index contributed by atoms with van der Waals surface area (Å²) in [4.78, 5) is 36.7. The molecule has 0 bridgehead atoms. The first-order chi connectivity index (χ1) is 12.5. The third-order valence-corrected chi connectivity index (χ3v) is 4.02. The topological polar surface area (TPSA) is 74.7 Å². The van der Waals surface area contributed by atoms with Crippen LogP contribution >= 0.6 is 0 Å². The lowest BCUT2D eigenvalue weighted by Gasteiger charge is -2.23. The number of carbonyl (C=O) groups is 3. The predicted molar refractivity (Wildman–Crippen MR) is 98.2 cm³/mol. The SMILES string of the molecule is O=C(O)CCC(=O)CCC(=O)N(Cc1ccccc1)Cc1ccccc1. The highest BCUT2D eigenvalue weighted by atomic mass is 16.4. The van der Waals surface area contributed by atoms with Gasteiger partial charge in [-0.3, -0.25) is 14.4 Å². The molecular weight excluding hydrogens is 330 g/mol. The summed E-state index contributed by atoms with van der Waals surface area (Å²) in [6.07, 6.45) is -0.0466. The fourth-order valence-electron chi connectivity index (χ4n) is 2.62. The summed E-state index contributed by atoms with van der Waals surface area (Å²) in [6, 6.07) is 19.4. The molecule has 1 N–H and O–H groups in total. The molecule has 0 saturated carbocycles. The first kappa shape index (κ1) is 19.4. The standard InChI is InChI=1S/C21H23NO4/c23-19(12-14-21(25)26)11-13-20(24)22(15-17-7-3-1-4-8-17)16-18-9-5-2-6-10-18/h1-10H,11-16H2,(H,25,26). The molecule has 2 rings (SSSR count). The normalized spacial score (nSPS) is 10.3. The Labute approximate surface area is 153 Å². The number of Topliss-reactive ketones (excluding diaryl/α,β-unsaturated/α-hetero) is 1. The number of hydrogen-bond donors (Lipinski definition) is 1. The van der Waals surface area contributed by atoms with Crippen LogP contribution in [0.3, 0.4) is 0 Å². The number of amides is 1. The number of carboxylic acid groups (broad SMARTS) is 1. The third-order valence-electron chi connectivity index (χ3n) is 4.02. The van der Waals surface area contributed by atoms with Crippen LogP contribution in [0.1, 0.15) is 36.8 Å². The Hall–Kier alpha value is -2.95. The summed E-state index contributed by atoms with van der Waals surface area (Å²) in [5, 5.41) is 8.63. The van der Waals surface area contributed by atoms with E-state index in [4.69, 9.17) is 5.11 Å². The molecule has 2 aromatic carbocycles. The van der Waals surface area contributed by atoms with E-state index in [0.717, 1.165) is 11.1 Å². The molecule has 0 saturated heterocycles. The van der Waals surface area contributed by atoms with Gasteiger partial charge in [0, 0.05) is 32.4 Å². The van der Waals surface area contributed by atoms with Crippen LogP contribution in [0.25, 0.3) is 0 Å². The molecule has 136 valence electrons. The van der Waals surface area contributed by atoms with Crippen LogP contribution in [0.15, 0.2) is 60.7 Å². The first-order valence-electron chi connectivity index (χ1n) is 8.63. The molecule has 0 fully saturated rings. The average Bonchev–Trinajstić information content (AvgIpc) is 2.65. The van der Waals surface area contributed by atoms with Crippen LogP contribution < -0.4 is 0 Å². The molecule has 1 amide bonds. The second-order valence-corrected chi connectivity index (χ2v) is 6.15. The number of carbonyl (C=O) groups excluding carboxylic acids is 2. The number of rotatable bonds is 10. The third kappa shape index (κ3) is 6.89. The van der Waals surface area contributed by atoms with Gasteiger partial charge in [-0.1, -0.05) is 60.7 Å². The van der Waals surface area contributed by atoms with E-state index in [-0.39, 0.29) is 37.4 Å². The summed E-state index contributed by atoms with van der Waals surface area (Å²) in [5.74, 6) is -1.30. The molecule has 0 radical (unpaired) electrons. The van der Waals surface area contributed by atoms with Crippen LogP contribution in [0.2, 0.25) is 0 Å². The van der Waals surface area contributed by atoms with E-state index in [0.29, 0.717) is 13.1 Å². The fourth-order valence-corrected chi connectivity index (χ4v) is 2.62. The highest BCUT2D eigenvalue weighted by molar-refractivity contribution is 5.86. The molecule has 0 heterocycles. The van der Waals surface area contributed by atoms with Gasteiger partial charge in [-0.15, -0.1) is 0 Å². The van der Waals surface area contributed by atoms with Crippen molar-refractivity contribution in [2.45, 2.75) is 38.8 Å². The second-order valence-electron chi connectivity index (χ2n) is 6.15. The summed E-state index contributed by atoms with van der Waals surface area (Å²) in [6.45, 7) is 0.940. The Kier molecular flexibility index (Phi) is 7.55. The van der Waals surface area contributed by atoms with Gasteiger partial charge in [0.25, 0.3) is 0 Å². The minimum atomic E-state index is -1.00. The smallest absolute Gasteiger partial charge is 0.303 e. The molecule has 5 heteroatoms. The van der Waals surface area contributed by atoms with Crippen molar-refractivity contribution in [1.29, 1.82) is 0 Å². The molecule has 5 nitrogen and oxygen atoms in total. The molecule has 0 aliphatic carbocycles. The monoisotopic (exact) mass is 353 g/mol. The van der Waals surface area contributed by atoms with Gasteiger partial charge in [-0.05, 0) is 11.1 Å². The van der Waals surface area contributed by atoms with Crippen molar-refractivity contribution in [1.82, 2.24) is 4.90 Å². The Bertz CT molecular complexity index is 687. The zero-order valence-electron chi connectivity index (χ0n) is 14.6. The van der Waals surface area contributed by atoms with E-state index >= 15 is 0 Å². The Morgan fingerprint density at radius 1 is 0.692 bits per heavy atom. The van der Waals surface area contributed by atoms with Crippen molar-refractivity contribution >= 4 is 17.7 Å². The maximum atomic E-state index is 12.7. The molecule has 2 aromatic rings. The Balaban J connectivity index is 1.98. The molecule has 0 spiro atoms. The lowest BCUT2D eigenvalue weighted by molar-refractivity contribution is -0.138. The highest BCUT2D eigenvalue weighted by Gasteiger charge is 2.16. The van der Waals surface area contributed by atoms with Crippen LogP contribution in [0.4, 0.5) is 0 Å². The maximum Gasteiger partial charge on any atom is 0.303 e. The van der Waals surface area contributed by atoms with Crippen LogP contribution in [-0.2, 0) is 27.5 Å². The maximum absolute atomic E-state index is 12.7. The van der Waals surface area contributed by atoms with E-state index in [9.17, 15) is 14.4 Å². The molecular formula is C21H23NO4. The zero-order valence-corrected chi connectivity index (χ0v) is 14.6. The van der Waals surface area contributed by atoms with Gasteiger partial charge in [0.15, 0.2) is 0 Å². The van der Waals surface area contributed by atoms with E-state index in [1.54, 1.807) is 4.90 Å². The second kappa shape index (κ2) is 10.1. The molecule has 0 aliphatic heterocycles. The summed E-state index contributed by atoms with van der Waals surface area (Å²) < 4.78 is 0. The number of benzene rings is 2. The van der Waals surface area contributed by atoms with Gasteiger partial charge in [0.2, 0.25) is 5.91 Å². The van der Waals surface area contributed by atoms with Crippen molar-refractivity contribution < 1.29 is 19.5 Å². The minimum Gasteiger partial charge on any atom is -0.481 e. The van der Waals surface area contributed by atoms with Gasteiger partial charge in [0.1, 0.15) is 5.78 Å². The number of carboxylic acids is 1. The average molecular weight is 353 g/mol. The molecule has 26 heavy (non-hydrogen) atoms.